The molecule has 1 aliphatic rings. The molecule has 0 spiro atoms. The Balaban J connectivity index is 1.33. The molecule has 0 bridgehead atoms. The van der Waals surface area contributed by atoms with Gasteiger partial charge in [-0.25, -0.2) is 4.98 Å². The summed E-state index contributed by atoms with van der Waals surface area (Å²) < 4.78 is 5.92. The molecule has 0 radical (unpaired) electrons. The molecule has 14 nitrogen and oxygen atoms in total. The van der Waals surface area contributed by atoms with E-state index in [1.807, 2.05) is 70.2 Å². The van der Waals surface area contributed by atoms with Gasteiger partial charge in [0, 0.05) is 29.9 Å². The number of aromatic nitrogens is 3. The first kappa shape index (κ1) is 45.7. The molecule has 0 unspecified atom stereocenters. The van der Waals surface area contributed by atoms with Crippen LogP contribution in [0.3, 0.4) is 0 Å². The quantitative estimate of drug-likeness (QED) is 0.0583. The summed E-state index contributed by atoms with van der Waals surface area (Å²) in [5, 5.41) is 37.4. The number of nitrogens with one attached hydrogen (secondary N) is 5. The van der Waals surface area contributed by atoms with E-state index in [2.05, 4.69) is 36.2 Å². The molecule has 4 amide bonds. The van der Waals surface area contributed by atoms with Crippen molar-refractivity contribution in [2.45, 2.75) is 122 Å². The van der Waals surface area contributed by atoms with E-state index >= 15 is 0 Å². The smallest absolute Gasteiger partial charge is 0.258 e. The van der Waals surface area contributed by atoms with Crippen molar-refractivity contribution in [2.75, 3.05) is 6.61 Å². The molecule has 0 aliphatic heterocycles. The van der Waals surface area contributed by atoms with Crippen LogP contribution in [-0.2, 0) is 32.1 Å². The van der Waals surface area contributed by atoms with Gasteiger partial charge >= 0.3 is 0 Å². The maximum Gasteiger partial charge on any atom is 0.258 e. The fraction of sp³-hybridized carbons (Fsp3) is 0.522. The second-order valence-electron chi connectivity index (χ2n) is 16.6. The molecule has 2 aromatic carbocycles. The van der Waals surface area contributed by atoms with E-state index in [1.165, 1.54) is 6.33 Å². The third-order valence-electron chi connectivity index (χ3n) is 11.6. The zero-order chi connectivity index (χ0) is 43.0. The minimum absolute atomic E-state index is 0.0564. The van der Waals surface area contributed by atoms with Gasteiger partial charge in [0.15, 0.2) is 6.61 Å². The van der Waals surface area contributed by atoms with Crippen molar-refractivity contribution >= 4 is 34.4 Å². The Labute approximate surface area is 353 Å². The van der Waals surface area contributed by atoms with Gasteiger partial charge in [-0.1, -0.05) is 109 Å². The van der Waals surface area contributed by atoms with Crippen LogP contribution in [0, 0.1) is 23.7 Å². The average Bonchev–Trinajstić information content (AvgIpc) is 3.78. The standard InChI is InChI=1S/C46H63N7O7/c1-5-30(4)41(46(59)49-26-33-18-11-12-21-48-33)53-44(57)36(22-29(2)3)42(55)43(56)37(23-31-14-7-6-8-15-31)52-45(58)38(24-34-25-47-28-50-34)51-40(54)27-60-39-20-13-17-32-16-9-10-19-35(32)39/h9-13,16-21,25,28-31,36-38,41-43,55-56H,5-8,14-15,22-24,26-27H2,1-4H3,(H,47,50)(H,49,59)(H,51,54)(H,52,58)(H,53,57)/t30-,36-,37+,38+,41+,42-,43-/m1/s1. The van der Waals surface area contributed by atoms with Crippen LogP contribution in [0.15, 0.2) is 79.4 Å². The summed E-state index contributed by atoms with van der Waals surface area (Å²) in [5.41, 5.74) is 1.27. The van der Waals surface area contributed by atoms with Crippen LogP contribution in [0.5, 0.6) is 5.75 Å². The van der Waals surface area contributed by atoms with Crippen LogP contribution in [0.4, 0.5) is 0 Å². The van der Waals surface area contributed by atoms with E-state index in [1.54, 1.807) is 30.6 Å². The fourth-order valence-corrected chi connectivity index (χ4v) is 8.01. The lowest BCUT2D eigenvalue weighted by atomic mass is 9.80. The molecule has 324 valence electrons. The van der Waals surface area contributed by atoms with Crippen LogP contribution in [0.2, 0.25) is 0 Å². The number of carbonyl (C=O) groups excluding carboxylic acids is 4. The third-order valence-corrected chi connectivity index (χ3v) is 11.6. The Morgan fingerprint density at radius 1 is 0.867 bits per heavy atom. The second kappa shape index (κ2) is 22.9. The first-order valence-corrected chi connectivity index (χ1v) is 21.4. The van der Waals surface area contributed by atoms with Gasteiger partial charge in [-0.3, -0.25) is 24.2 Å². The molecule has 0 saturated heterocycles. The summed E-state index contributed by atoms with van der Waals surface area (Å²) in [5.74, 6) is -2.74. The number of benzene rings is 2. The van der Waals surface area contributed by atoms with Gasteiger partial charge < -0.3 is 41.2 Å². The minimum Gasteiger partial charge on any atom is -0.483 e. The van der Waals surface area contributed by atoms with Crippen molar-refractivity contribution in [3.05, 3.63) is 90.8 Å². The normalized spacial score (nSPS) is 16.8. The fourth-order valence-electron chi connectivity index (χ4n) is 8.01. The van der Waals surface area contributed by atoms with Gasteiger partial charge in [0.1, 0.15) is 23.9 Å². The Kier molecular flexibility index (Phi) is 17.4. The van der Waals surface area contributed by atoms with Crippen LogP contribution in [0.25, 0.3) is 10.8 Å². The van der Waals surface area contributed by atoms with Gasteiger partial charge in [-0.2, -0.15) is 0 Å². The number of ether oxygens (including phenoxy) is 1. The highest BCUT2D eigenvalue weighted by Gasteiger charge is 2.40. The summed E-state index contributed by atoms with van der Waals surface area (Å²) in [4.78, 5) is 66.7. The van der Waals surface area contributed by atoms with Gasteiger partial charge in [0.05, 0.1) is 36.6 Å². The number of aromatic amines is 1. The highest BCUT2D eigenvalue weighted by atomic mass is 16.5. The van der Waals surface area contributed by atoms with Crippen molar-refractivity contribution < 1.29 is 34.1 Å². The van der Waals surface area contributed by atoms with Gasteiger partial charge in [0.25, 0.3) is 5.91 Å². The molecular formula is C46H63N7O7. The molecular weight excluding hydrogens is 763 g/mol. The first-order chi connectivity index (χ1) is 28.9. The van der Waals surface area contributed by atoms with Gasteiger partial charge in [-0.15, -0.1) is 0 Å². The summed E-state index contributed by atoms with van der Waals surface area (Å²) >= 11 is 0. The zero-order valence-electron chi connectivity index (χ0n) is 35.3. The number of rotatable bonds is 22. The topological polar surface area (TPSA) is 208 Å². The predicted octanol–water partition coefficient (Wildman–Crippen LogP) is 4.75. The summed E-state index contributed by atoms with van der Waals surface area (Å²) in [6, 6.07) is 15.7. The number of nitrogens with zero attached hydrogens (tertiary/aromatic N) is 2. The molecule has 5 rings (SSSR count). The Morgan fingerprint density at radius 3 is 2.32 bits per heavy atom. The summed E-state index contributed by atoms with van der Waals surface area (Å²) in [6.45, 7) is 7.47. The molecule has 2 aromatic heterocycles. The zero-order valence-corrected chi connectivity index (χ0v) is 35.3. The van der Waals surface area contributed by atoms with Crippen LogP contribution in [-0.4, -0.2) is 85.7 Å². The number of aliphatic hydroxyl groups excluding tert-OH is 2. The maximum atomic E-state index is 14.3. The predicted molar refractivity (Wildman–Crippen MR) is 229 cm³/mol. The molecule has 14 heteroatoms. The highest BCUT2D eigenvalue weighted by molar-refractivity contribution is 5.91. The number of hydrogen-bond acceptors (Lipinski definition) is 9. The van der Waals surface area contributed by atoms with Crippen molar-refractivity contribution in [3.63, 3.8) is 0 Å². The molecule has 7 N–H and O–H groups in total. The van der Waals surface area contributed by atoms with Crippen molar-refractivity contribution in [2.24, 2.45) is 23.7 Å². The van der Waals surface area contributed by atoms with Crippen LogP contribution >= 0.6 is 0 Å². The lowest BCUT2D eigenvalue weighted by Gasteiger charge is -2.36. The Morgan fingerprint density at radius 2 is 1.62 bits per heavy atom. The van der Waals surface area contributed by atoms with Crippen molar-refractivity contribution in [1.29, 1.82) is 0 Å². The summed E-state index contributed by atoms with van der Waals surface area (Å²) in [6.07, 6.45) is 7.71. The van der Waals surface area contributed by atoms with E-state index in [9.17, 15) is 29.4 Å². The second-order valence-corrected chi connectivity index (χ2v) is 16.6. The van der Waals surface area contributed by atoms with E-state index in [4.69, 9.17) is 4.74 Å². The molecule has 4 aromatic rings. The number of fused-ring (bicyclic) bond motifs is 1. The van der Waals surface area contributed by atoms with Crippen LogP contribution < -0.4 is 26.0 Å². The van der Waals surface area contributed by atoms with E-state index in [0.29, 0.717) is 30.0 Å². The number of carbonyl (C=O) groups is 4. The molecule has 1 aliphatic carbocycles. The van der Waals surface area contributed by atoms with E-state index in [0.717, 1.165) is 42.9 Å². The van der Waals surface area contributed by atoms with Gasteiger partial charge in [0.2, 0.25) is 17.7 Å². The Hall–Kier alpha value is -5.34. The van der Waals surface area contributed by atoms with Crippen molar-refractivity contribution in [1.82, 2.24) is 36.2 Å². The van der Waals surface area contributed by atoms with Crippen LogP contribution in [0.1, 0.15) is 90.4 Å². The molecule has 1 saturated carbocycles. The third kappa shape index (κ3) is 13.3. The first-order valence-electron chi connectivity index (χ1n) is 21.4. The molecule has 2 heterocycles. The lowest BCUT2D eigenvalue weighted by molar-refractivity contribution is -0.139. The number of imidazole rings is 1. The Bertz CT molecular complexity index is 1950. The van der Waals surface area contributed by atoms with Crippen molar-refractivity contribution in [3.8, 4) is 5.75 Å². The van der Waals surface area contributed by atoms with E-state index in [-0.39, 0.29) is 49.7 Å². The molecule has 60 heavy (non-hydrogen) atoms. The minimum atomic E-state index is -1.59. The van der Waals surface area contributed by atoms with E-state index < -0.39 is 54.0 Å². The number of H-pyrrole nitrogens is 1. The number of aliphatic hydroxyl groups is 2. The summed E-state index contributed by atoms with van der Waals surface area (Å²) in [7, 11) is 0. The maximum absolute atomic E-state index is 14.3. The highest BCUT2D eigenvalue weighted by Crippen LogP contribution is 2.30. The molecule has 7 atom stereocenters. The number of pyridine rings is 1. The monoisotopic (exact) mass is 825 g/mol. The number of hydrogen-bond donors (Lipinski definition) is 7. The molecule has 1 fully saturated rings. The average molecular weight is 826 g/mol. The SMILES string of the molecule is CC[C@@H](C)[C@H](NC(=O)[C@H](CC(C)C)[C@@H](O)[C@H](O)[C@H](CC1CCCCC1)NC(=O)[C@H](Cc1cnc[nH]1)NC(=O)COc1cccc2ccccc12)C(=O)NCc1ccccn1. The lowest BCUT2D eigenvalue weighted by Crippen LogP contribution is -2.59. The number of amides is 4. The van der Waals surface area contributed by atoms with Gasteiger partial charge in [-0.05, 0) is 54.2 Å². The largest absolute Gasteiger partial charge is 0.483 e.